The van der Waals surface area contributed by atoms with Gasteiger partial charge >= 0.3 is 0 Å². The second kappa shape index (κ2) is 9.23. The molecule has 1 rings (SSSR count). The number of rotatable bonds is 9. The second-order valence-corrected chi connectivity index (χ2v) is 4.63. The predicted molar refractivity (Wildman–Crippen MR) is 73.5 cm³/mol. The summed E-state index contributed by atoms with van der Waals surface area (Å²) in [6, 6.07) is 4.45. The van der Waals surface area contributed by atoms with Gasteiger partial charge in [-0.1, -0.05) is 11.6 Å². The highest BCUT2D eigenvalue weighted by molar-refractivity contribution is 6.30. The Balaban J connectivity index is 2.41. The van der Waals surface area contributed by atoms with Crippen molar-refractivity contribution in [1.29, 1.82) is 0 Å². The molecule has 6 heteroatoms. The molecule has 0 saturated carbocycles. The summed E-state index contributed by atoms with van der Waals surface area (Å²) in [7, 11) is 1.62. The van der Waals surface area contributed by atoms with Crippen LogP contribution in [0.5, 0.6) is 0 Å². The minimum absolute atomic E-state index is 0.0597. The first-order chi connectivity index (χ1) is 9.17. The molecule has 0 radical (unpaired) electrons. The Kier molecular flexibility index (Phi) is 7.93. The van der Waals surface area contributed by atoms with Gasteiger partial charge in [-0.05, 0) is 36.6 Å². The van der Waals surface area contributed by atoms with E-state index in [1.54, 1.807) is 13.2 Å². The van der Waals surface area contributed by atoms with E-state index < -0.39 is 0 Å². The Morgan fingerprint density at radius 2 is 2.16 bits per heavy atom. The highest BCUT2D eigenvalue weighted by Crippen LogP contribution is 2.17. The highest BCUT2D eigenvalue weighted by atomic mass is 35.5. The minimum Gasteiger partial charge on any atom is -0.382 e. The Morgan fingerprint density at radius 3 is 2.84 bits per heavy atom. The van der Waals surface area contributed by atoms with Gasteiger partial charge in [0.05, 0.1) is 13.2 Å². The quantitative estimate of drug-likeness (QED) is 0.414. The summed E-state index contributed by atoms with van der Waals surface area (Å²) in [6.07, 6.45) is 1.16. The van der Waals surface area contributed by atoms with Gasteiger partial charge in [0.2, 0.25) is 0 Å². The van der Waals surface area contributed by atoms with Gasteiger partial charge in [0.25, 0.3) is 0 Å². The number of hydrazine groups is 1. The smallest absolute Gasteiger partial charge is 0.126 e. The molecule has 0 aliphatic rings. The van der Waals surface area contributed by atoms with E-state index in [-0.39, 0.29) is 11.9 Å². The third-order valence-corrected chi connectivity index (χ3v) is 2.99. The summed E-state index contributed by atoms with van der Waals surface area (Å²) < 4.78 is 23.8. The van der Waals surface area contributed by atoms with Crippen molar-refractivity contribution >= 4 is 11.6 Å². The number of hydrogen-bond donors (Lipinski definition) is 2. The van der Waals surface area contributed by atoms with E-state index in [0.717, 1.165) is 0 Å². The first kappa shape index (κ1) is 16.3. The number of ether oxygens (including phenoxy) is 2. The Labute approximate surface area is 118 Å². The van der Waals surface area contributed by atoms with Crippen LogP contribution in [-0.4, -0.2) is 33.0 Å². The molecule has 0 saturated heterocycles. The lowest BCUT2D eigenvalue weighted by Gasteiger charge is -2.16. The lowest BCUT2D eigenvalue weighted by Crippen LogP contribution is -2.38. The van der Waals surface area contributed by atoms with Crippen LogP contribution in [0.3, 0.4) is 0 Å². The van der Waals surface area contributed by atoms with Gasteiger partial charge in [-0.3, -0.25) is 11.3 Å². The molecule has 1 atom stereocenters. The van der Waals surface area contributed by atoms with Crippen molar-refractivity contribution in [2.24, 2.45) is 5.84 Å². The molecule has 4 nitrogen and oxygen atoms in total. The second-order valence-electron chi connectivity index (χ2n) is 4.20. The van der Waals surface area contributed by atoms with E-state index in [1.807, 2.05) is 0 Å². The van der Waals surface area contributed by atoms with Crippen LogP contribution in [-0.2, 0) is 15.9 Å². The van der Waals surface area contributed by atoms with Gasteiger partial charge in [0.15, 0.2) is 0 Å². The van der Waals surface area contributed by atoms with Crippen molar-refractivity contribution in [3.8, 4) is 0 Å². The van der Waals surface area contributed by atoms with Crippen LogP contribution in [0.15, 0.2) is 18.2 Å². The van der Waals surface area contributed by atoms with E-state index in [2.05, 4.69) is 5.43 Å². The topological polar surface area (TPSA) is 56.5 Å². The van der Waals surface area contributed by atoms with E-state index in [0.29, 0.717) is 43.2 Å². The fourth-order valence-electron chi connectivity index (χ4n) is 1.68. The minimum atomic E-state index is -0.273. The molecule has 0 fully saturated rings. The molecule has 0 bridgehead atoms. The van der Waals surface area contributed by atoms with Crippen molar-refractivity contribution in [3.05, 3.63) is 34.6 Å². The summed E-state index contributed by atoms with van der Waals surface area (Å²) in [5, 5.41) is 0.517. The number of hydrogen-bond acceptors (Lipinski definition) is 4. The zero-order valence-electron chi connectivity index (χ0n) is 11.0. The number of nitrogens with two attached hydrogens (primary N) is 1. The Hall–Kier alpha value is -0.720. The van der Waals surface area contributed by atoms with Gasteiger partial charge in [-0.25, -0.2) is 4.39 Å². The van der Waals surface area contributed by atoms with Crippen LogP contribution in [0, 0.1) is 5.82 Å². The molecule has 1 aromatic carbocycles. The molecule has 3 N–H and O–H groups in total. The summed E-state index contributed by atoms with van der Waals surface area (Å²) in [4.78, 5) is 0. The first-order valence-corrected chi connectivity index (χ1v) is 6.52. The van der Waals surface area contributed by atoms with E-state index in [1.165, 1.54) is 12.1 Å². The van der Waals surface area contributed by atoms with Crippen LogP contribution >= 0.6 is 11.6 Å². The van der Waals surface area contributed by atoms with Gasteiger partial charge in [0.1, 0.15) is 5.82 Å². The fourth-order valence-corrected chi connectivity index (χ4v) is 1.87. The highest BCUT2D eigenvalue weighted by Gasteiger charge is 2.11. The summed E-state index contributed by atoms with van der Waals surface area (Å²) in [6.45, 7) is 1.64. The molecule has 1 unspecified atom stereocenters. The van der Waals surface area contributed by atoms with Crippen LogP contribution < -0.4 is 11.3 Å². The van der Waals surface area contributed by atoms with Crippen LogP contribution in [0.2, 0.25) is 5.02 Å². The molecule has 0 spiro atoms. The lowest BCUT2D eigenvalue weighted by molar-refractivity contribution is 0.0658. The number of methoxy groups -OCH3 is 1. The van der Waals surface area contributed by atoms with Gasteiger partial charge in [-0.15, -0.1) is 0 Å². The third kappa shape index (κ3) is 6.31. The van der Waals surface area contributed by atoms with Crippen LogP contribution in [0.4, 0.5) is 4.39 Å². The zero-order chi connectivity index (χ0) is 14.1. The number of halogens is 2. The average Bonchev–Trinajstić information content (AvgIpc) is 2.41. The number of benzene rings is 1. The van der Waals surface area contributed by atoms with E-state index >= 15 is 0 Å². The van der Waals surface area contributed by atoms with Crippen molar-refractivity contribution in [2.75, 3.05) is 26.9 Å². The largest absolute Gasteiger partial charge is 0.382 e. The summed E-state index contributed by atoms with van der Waals surface area (Å²) in [5.41, 5.74) is 3.22. The maximum absolute atomic E-state index is 13.6. The van der Waals surface area contributed by atoms with Gasteiger partial charge in [0, 0.05) is 24.8 Å². The van der Waals surface area contributed by atoms with E-state index in [4.69, 9.17) is 26.9 Å². The maximum Gasteiger partial charge on any atom is 0.126 e. The third-order valence-electron chi connectivity index (χ3n) is 2.75. The lowest BCUT2D eigenvalue weighted by atomic mass is 10.0. The summed E-state index contributed by atoms with van der Waals surface area (Å²) >= 11 is 5.85. The Morgan fingerprint density at radius 1 is 1.37 bits per heavy atom. The average molecular weight is 291 g/mol. The molecule has 0 aromatic heterocycles. The monoisotopic (exact) mass is 290 g/mol. The molecule has 0 amide bonds. The van der Waals surface area contributed by atoms with Crippen molar-refractivity contribution < 1.29 is 13.9 Å². The molecule has 0 heterocycles. The molecule has 0 aliphatic carbocycles. The fraction of sp³-hybridized carbons (Fsp3) is 0.538. The van der Waals surface area contributed by atoms with Crippen molar-refractivity contribution in [1.82, 2.24) is 5.43 Å². The van der Waals surface area contributed by atoms with Crippen molar-refractivity contribution in [3.63, 3.8) is 0 Å². The first-order valence-electron chi connectivity index (χ1n) is 6.14. The van der Waals surface area contributed by atoms with Crippen molar-refractivity contribution in [2.45, 2.75) is 18.9 Å². The van der Waals surface area contributed by atoms with Crippen LogP contribution in [0.1, 0.15) is 12.0 Å². The molecular weight excluding hydrogens is 271 g/mol. The SMILES string of the molecule is COCCOCCC(Cc1cc(Cl)ccc1F)NN. The van der Waals surface area contributed by atoms with Gasteiger partial charge < -0.3 is 9.47 Å². The predicted octanol–water partition coefficient (Wildman–Crippen LogP) is 1.91. The molecular formula is C13H20ClFN2O2. The molecule has 108 valence electrons. The maximum atomic E-state index is 13.6. The zero-order valence-corrected chi connectivity index (χ0v) is 11.8. The molecule has 0 aliphatic heterocycles. The standard InChI is InChI=1S/C13H20ClFN2O2/c1-18-6-7-19-5-4-12(17-16)9-10-8-11(14)2-3-13(10)15/h2-3,8,12,17H,4-7,9,16H2,1H3. The van der Waals surface area contributed by atoms with Gasteiger partial charge in [-0.2, -0.15) is 0 Å². The molecule has 1 aromatic rings. The Bertz CT molecular complexity index is 380. The molecule has 19 heavy (non-hydrogen) atoms. The number of nitrogens with one attached hydrogen (secondary N) is 1. The van der Waals surface area contributed by atoms with Crippen LogP contribution in [0.25, 0.3) is 0 Å². The normalized spacial score (nSPS) is 12.6. The summed E-state index contributed by atoms with van der Waals surface area (Å²) in [5.74, 6) is 5.19. The van der Waals surface area contributed by atoms with E-state index in [9.17, 15) is 4.39 Å².